The predicted octanol–water partition coefficient (Wildman–Crippen LogP) is 0.286. The summed E-state index contributed by atoms with van der Waals surface area (Å²) in [7, 11) is -10.7. The standard InChI is InChI=1S/C9H21NO7P2/c10-8-3-1-2-7(6-8)4-5-9(11,18(12,13)14)19(15,16)17/h7-8,11H,1-6,10H2,(H2,12,13,14)(H2,15,16,17). The van der Waals surface area contributed by atoms with E-state index in [9.17, 15) is 14.2 Å². The Bertz CT molecular complexity index is 381. The Morgan fingerprint density at radius 1 is 1.11 bits per heavy atom. The van der Waals surface area contributed by atoms with E-state index in [1.807, 2.05) is 0 Å². The lowest BCUT2D eigenvalue weighted by Crippen LogP contribution is -2.32. The molecule has 0 radical (unpaired) electrons. The smallest absolute Gasteiger partial charge is 0.368 e. The van der Waals surface area contributed by atoms with Crippen molar-refractivity contribution in [3.05, 3.63) is 0 Å². The van der Waals surface area contributed by atoms with Crippen molar-refractivity contribution in [1.29, 1.82) is 0 Å². The van der Waals surface area contributed by atoms with Gasteiger partial charge in [0.2, 0.25) is 0 Å². The first-order chi connectivity index (χ1) is 8.47. The molecule has 0 aliphatic heterocycles. The van der Waals surface area contributed by atoms with Crippen molar-refractivity contribution >= 4 is 15.2 Å². The molecule has 2 atom stereocenters. The number of rotatable bonds is 5. The lowest BCUT2D eigenvalue weighted by atomic mass is 9.83. The van der Waals surface area contributed by atoms with Gasteiger partial charge in [-0.05, 0) is 25.2 Å². The van der Waals surface area contributed by atoms with Gasteiger partial charge in [0.25, 0.3) is 5.08 Å². The minimum Gasteiger partial charge on any atom is -0.368 e. The molecule has 1 aliphatic carbocycles. The summed E-state index contributed by atoms with van der Waals surface area (Å²) in [5.41, 5.74) is 5.77. The van der Waals surface area contributed by atoms with Gasteiger partial charge >= 0.3 is 15.2 Å². The average molecular weight is 317 g/mol. The maximum absolute atomic E-state index is 11.2. The van der Waals surface area contributed by atoms with Crippen LogP contribution in [-0.4, -0.2) is 35.8 Å². The first-order valence-corrected chi connectivity index (χ1v) is 9.29. The van der Waals surface area contributed by atoms with Crippen molar-refractivity contribution in [2.45, 2.75) is 49.6 Å². The summed E-state index contributed by atoms with van der Waals surface area (Å²) in [5, 5.41) is 6.43. The Morgan fingerprint density at radius 3 is 2.05 bits per heavy atom. The summed E-state index contributed by atoms with van der Waals surface area (Å²) in [4.78, 5) is 36.0. The highest BCUT2D eigenvalue weighted by Crippen LogP contribution is 2.69. The zero-order valence-corrected chi connectivity index (χ0v) is 12.2. The Morgan fingerprint density at radius 2 is 1.63 bits per heavy atom. The molecule has 0 aromatic rings. The highest BCUT2D eigenvalue weighted by Gasteiger charge is 2.58. The second-order valence-corrected chi connectivity index (χ2v) is 9.20. The number of hydrogen-bond donors (Lipinski definition) is 6. The normalized spacial score (nSPS) is 26.4. The van der Waals surface area contributed by atoms with E-state index >= 15 is 0 Å². The fourth-order valence-electron chi connectivity index (χ4n) is 2.45. The summed E-state index contributed by atoms with van der Waals surface area (Å²) in [6.07, 6.45) is 2.65. The summed E-state index contributed by atoms with van der Waals surface area (Å²) in [6.45, 7) is 0. The zero-order chi connectivity index (χ0) is 14.9. The fourth-order valence-corrected chi connectivity index (χ4v) is 4.65. The Labute approximate surface area is 111 Å². The van der Waals surface area contributed by atoms with Crippen LogP contribution in [0.3, 0.4) is 0 Å². The van der Waals surface area contributed by atoms with Crippen LogP contribution >= 0.6 is 15.2 Å². The molecular formula is C9H21NO7P2. The molecule has 1 saturated carbocycles. The van der Waals surface area contributed by atoms with E-state index in [4.69, 9.17) is 25.3 Å². The molecule has 1 rings (SSSR count). The van der Waals surface area contributed by atoms with Gasteiger partial charge in [0.15, 0.2) is 0 Å². The molecule has 8 nitrogen and oxygen atoms in total. The second-order valence-electron chi connectivity index (χ2n) is 5.19. The van der Waals surface area contributed by atoms with Crippen LogP contribution in [0, 0.1) is 5.92 Å². The molecule has 1 fully saturated rings. The quantitative estimate of drug-likeness (QED) is 0.394. The van der Waals surface area contributed by atoms with Gasteiger partial charge in [-0.2, -0.15) is 0 Å². The van der Waals surface area contributed by atoms with E-state index in [0.29, 0.717) is 6.42 Å². The summed E-state index contributed by atoms with van der Waals surface area (Å²) < 4.78 is 22.3. The minimum absolute atomic E-state index is 0.00282. The van der Waals surface area contributed by atoms with E-state index in [1.165, 1.54) is 0 Å². The zero-order valence-electron chi connectivity index (χ0n) is 10.4. The van der Waals surface area contributed by atoms with Crippen LogP contribution < -0.4 is 5.73 Å². The monoisotopic (exact) mass is 317 g/mol. The SMILES string of the molecule is NC1CCCC(CCC(O)(P(=O)(O)O)P(=O)(O)O)C1. The third-order valence-corrected chi connectivity index (χ3v) is 7.52. The first-order valence-electron chi connectivity index (χ1n) is 6.06. The van der Waals surface area contributed by atoms with Gasteiger partial charge in [-0.1, -0.05) is 12.8 Å². The van der Waals surface area contributed by atoms with Crippen LogP contribution in [0.15, 0.2) is 0 Å². The molecule has 114 valence electrons. The largest absolute Gasteiger partial charge is 0.369 e. The van der Waals surface area contributed by atoms with Crippen LogP contribution in [0.25, 0.3) is 0 Å². The molecule has 0 heterocycles. The molecule has 0 amide bonds. The molecule has 19 heavy (non-hydrogen) atoms. The highest BCUT2D eigenvalue weighted by molar-refractivity contribution is 7.72. The molecule has 0 aromatic carbocycles. The number of aliphatic hydroxyl groups is 1. The van der Waals surface area contributed by atoms with Crippen LogP contribution in [0.5, 0.6) is 0 Å². The van der Waals surface area contributed by atoms with E-state index < -0.39 is 26.7 Å². The Kier molecular flexibility index (Phi) is 5.38. The topological polar surface area (TPSA) is 161 Å². The van der Waals surface area contributed by atoms with E-state index in [-0.39, 0.29) is 18.4 Å². The van der Waals surface area contributed by atoms with Crippen molar-refractivity contribution in [1.82, 2.24) is 0 Å². The average Bonchev–Trinajstić information content (AvgIpc) is 2.22. The van der Waals surface area contributed by atoms with Gasteiger partial charge in [0, 0.05) is 12.5 Å². The Hall–Kier alpha value is 0.220. The molecule has 0 bridgehead atoms. The third-order valence-electron chi connectivity index (χ3n) is 3.64. The molecule has 0 spiro atoms. The summed E-state index contributed by atoms with van der Waals surface area (Å²) in [5.74, 6) is 0.0216. The van der Waals surface area contributed by atoms with Crippen molar-refractivity contribution in [2.24, 2.45) is 11.7 Å². The number of hydrogen-bond acceptors (Lipinski definition) is 4. The predicted molar refractivity (Wildman–Crippen MR) is 68.2 cm³/mol. The van der Waals surface area contributed by atoms with Crippen molar-refractivity contribution in [2.75, 3.05) is 0 Å². The molecule has 10 heteroatoms. The second kappa shape index (κ2) is 5.92. The van der Waals surface area contributed by atoms with E-state index in [1.54, 1.807) is 0 Å². The van der Waals surface area contributed by atoms with Gasteiger partial charge in [-0.15, -0.1) is 0 Å². The van der Waals surface area contributed by atoms with Crippen molar-refractivity contribution < 1.29 is 33.8 Å². The lowest BCUT2D eigenvalue weighted by molar-refractivity contribution is 0.112. The molecule has 0 saturated heterocycles. The van der Waals surface area contributed by atoms with E-state index in [0.717, 1.165) is 19.3 Å². The van der Waals surface area contributed by atoms with Gasteiger partial charge in [0.1, 0.15) is 0 Å². The van der Waals surface area contributed by atoms with Gasteiger partial charge in [-0.25, -0.2) is 0 Å². The van der Waals surface area contributed by atoms with Crippen molar-refractivity contribution in [3.63, 3.8) is 0 Å². The van der Waals surface area contributed by atoms with Crippen molar-refractivity contribution in [3.8, 4) is 0 Å². The van der Waals surface area contributed by atoms with Crippen LogP contribution in [0.4, 0.5) is 0 Å². The maximum Gasteiger partial charge on any atom is 0.369 e. The first kappa shape index (κ1) is 17.3. The van der Waals surface area contributed by atoms with Gasteiger partial charge in [-0.3, -0.25) is 9.13 Å². The molecule has 1 aliphatic rings. The fraction of sp³-hybridized carbons (Fsp3) is 1.00. The maximum atomic E-state index is 11.2. The third kappa shape index (κ3) is 4.09. The molecule has 2 unspecified atom stereocenters. The lowest BCUT2D eigenvalue weighted by Gasteiger charge is -2.32. The van der Waals surface area contributed by atoms with Crippen LogP contribution in [0.1, 0.15) is 38.5 Å². The molecular weight excluding hydrogens is 296 g/mol. The molecule has 7 N–H and O–H groups in total. The van der Waals surface area contributed by atoms with Crippen LogP contribution in [-0.2, 0) is 9.13 Å². The summed E-state index contributed by atoms with van der Waals surface area (Å²) >= 11 is 0. The molecule has 0 aromatic heterocycles. The van der Waals surface area contributed by atoms with Gasteiger partial charge < -0.3 is 30.4 Å². The van der Waals surface area contributed by atoms with Gasteiger partial charge in [0.05, 0.1) is 0 Å². The Balaban J connectivity index is 2.75. The highest BCUT2D eigenvalue weighted by atomic mass is 31.2. The minimum atomic E-state index is -5.33. The number of nitrogens with two attached hydrogens (primary N) is 1. The van der Waals surface area contributed by atoms with E-state index in [2.05, 4.69) is 0 Å². The van der Waals surface area contributed by atoms with Crippen LogP contribution in [0.2, 0.25) is 0 Å². The summed E-state index contributed by atoms with van der Waals surface area (Å²) in [6, 6.07) is -0.00282.